The van der Waals surface area contributed by atoms with Crippen molar-refractivity contribution in [1.29, 1.82) is 0 Å². The normalized spacial score (nSPS) is 20.4. The molecule has 6 nitrogen and oxygen atoms in total. The zero-order chi connectivity index (χ0) is 14.0. The summed E-state index contributed by atoms with van der Waals surface area (Å²) in [4.78, 5) is 15.2. The van der Waals surface area contributed by atoms with E-state index in [1.165, 1.54) is 19.3 Å². The standard InChI is InChI=1S/C11H14FN3O3S/c1-13-10(16)9-5-3-7-15(9)19(17,18)11-8(12)4-2-6-14-11/h2,4,6,9H,3,5,7H2,1H3,(H,13,16). The molecular weight excluding hydrogens is 273 g/mol. The Labute approximate surface area is 110 Å². The lowest BCUT2D eigenvalue weighted by Crippen LogP contribution is -2.45. The Bertz CT molecular complexity index is 591. The van der Waals surface area contributed by atoms with Gasteiger partial charge in [0.25, 0.3) is 10.0 Å². The molecule has 0 aliphatic carbocycles. The van der Waals surface area contributed by atoms with Crippen LogP contribution in [-0.2, 0) is 14.8 Å². The molecule has 1 saturated heterocycles. The van der Waals surface area contributed by atoms with Crippen LogP contribution >= 0.6 is 0 Å². The molecule has 1 atom stereocenters. The Morgan fingerprint density at radius 2 is 2.32 bits per heavy atom. The Morgan fingerprint density at radius 3 is 2.95 bits per heavy atom. The lowest BCUT2D eigenvalue weighted by atomic mass is 10.2. The topological polar surface area (TPSA) is 79.4 Å². The van der Waals surface area contributed by atoms with Gasteiger partial charge >= 0.3 is 0 Å². The fraction of sp³-hybridized carbons (Fsp3) is 0.455. The van der Waals surface area contributed by atoms with Gasteiger partial charge in [-0.05, 0) is 25.0 Å². The van der Waals surface area contributed by atoms with E-state index in [9.17, 15) is 17.6 Å². The number of sulfonamides is 1. The third-order valence-corrected chi connectivity index (χ3v) is 4.87. The zero-order valence-electron chi connectivity index (χ0n) is 10.3. The molecule has 0 bridgehead atoms. The Morgan fingerprint density at radius 1 is 1.58 bits per heavy atom. The minimum Gasteiger partial charge on any atom is -0.358 e. The molecule has 0 radical (unpaired) electrons. The molecule has 8 heteroatoms. The molecule has 1 unspecified atom stereocenters. The van der Waals surface area contributed by atoms with Gasteiger partial charge in [0, 0.05) is 19.8 Å². The summed E-state index contributed by atoms with van der Waals surface area (Å²) in [5.74, 6) is -1.30. The third-order valence-electron chi connectivity index (χ3n) is 3.03. The van der Waals surface area contributed by atoms with Crippen molar-refractivity contribution >= 4 is 15.9 Å². The van der Waals surface area contributed by atoms with Crippen LogP contribution in [0.4, 0.5) is 4.39 Å². The molecule has 0 saturated carbocycles. The number of likely N-dealkylation sites (N-methyl/N-ethyl adjacent to an activating group) is 1. The second kappa shape index (κ2) is 5.22. The van der Waals surface area contributed by atoms with E-state index in [0.717, 1.165) is 10.4 Å². The average Bonchev–Trinajstić information content (AvgIpc) is 2.88. The number of hydrogen-bond acceptors (Lipinski definition) is 4. The molecule has 1 N–H and O–H groups in total. The van der Waals surface area contributed by atoms with Crippen molar-refractivity contribution in [2.45, 2.75) is 23.9 Å². The summed E-state index contributed by atoms with van der Waals surface area (Å²) in [5, 5.41) is 1.78. The first kappa shape index (κ1) is 13.9. The number of halogens is 1. The predicted octanol–water partition coefficient (Wildman–Crippen LogP) is 0.120. The van der Waals surface area contributed by atoms with Gasteiger partial charge in [-0.1, -0.05) is 0 Å². The van der Waals surface area contributed by atoms with E-state index >= 15 is 0 Å². The van der Waals surface area contributed by atoms with E-state index in [-0.39, 0.29) is 6.54 Å². The van der Waals surface area contributed by atoms with E-state index in [4.69, 9.17) is 0 Å². The zero-order valence-corrected chi connectivity index (χ0v) is 11.2. The largest absolute Gasteiger partial charge is 0.358 e. The van der Waals surface area contributed by atoms with Gasteiger partial charge in [0.15, 0.2) is 5.82 Å². The van der Waals surface area contributed by atoms with E-state index in [0.29, 0.717) is 12.8 Å². The first-order valence-electron chi connectivity index (χ1n) is 5.82. The first-order chi connectivity index (χ1) is 8.98. The number of amides is 1. The second-order valence-corrected chi connectivity index (χ2v) is 5.98. The van der Waals surface area contributed by atoms with Crippen LogP contribution in [0, 0.1) is 5.82 Å². The highest BCUT2D eigenvalue weighted by atomic mass is 32.2. The molecule has 19 heavy (non-hydrogen) atoms. The number of aromatic nitrogens is 1. The van der Waals surface area contributed by atoms with Crippen LogP contribution in [0.15, 0.2) is 23.4 Å². The van der Waals surface area contributed by atoms with E-state index in [1.807, 2.05) is 0 Å². The predicted molar refractivity (Wildman–Crippen MR) is 65.2 cm³/mol. The molecule has 0 aromatic carbocycles. The van der Waals surface area contributed by atoms with Crippen molar-refractivity contribution in [1.82, 2.24) is 14.6 Å². The highest BCUT2D eigenvalue weighted by Crippen LogP contribution is 2.26. The molecule has 1 aliphatic heterocycles. The van der Waals surface area contributed by atoms with Gasteiger partial charge in [-0.25, -0.2) is 17.8 Å². The summed E-state index contributed by atoms with van der Waals surface area (Å²) in [6.45, 7) is 0.191. The van der Waals surface area contributed by atoms with Crippen molar-refractivity contribution in [2.24, 2.45) is 0 Å². The fourth-order valence-corrected chi connectivity index (χ4v) is 3.76. The van der Waals surface area contributed by atoms with Gasteiger partial charge < -0.3 is 5.32 Å². The molecule has 2 rings (SSSR count). The van der Waals surface area contributed by atoms with Gasteiger partial charge in [-0.3, -0.25) is 4.79 Å². The Hall–Kier alpha value is -1.54. The van der Waals surface area contributed by atoms with Crippen LogP contribution < -0.4 is 5.32 Å². The molecular formula is C11H14FN3O3S. The lowest BCUT2D eigenvalue weighted by Gasteiger charge is -2.22. The SMILES string of the molecule is CNC(=O)C1CCCN1S(=O)(=O)c1ncccc1F. The number of nitrogens with zero attached hydrogens (tertiary/aromatic N) is 2. The van der Waals surface area contributed by atoms with Crippen LogP contribution in [0.2, 0.25) is 0 Å². The quantitative estimate of drug-likeness (QED) is 0.856. The molecule has 0 spiro atoms. The average molecular weight is 287 g/mol. The highest BCUT2D eigenvalue weighted by molar-refractivity contribution is 7.89. The van der Waals surface area contributed by atoms with Crippen LogP contribution in [0.1, 0.15) is 12.8 Å². The summed E-state index contributed by atoms with van der Waals surface area (Å²) in [6.07, 6.45) is 2.19. The van der Waals surface area contributed by atoms with Gasteiger partial charge in [0.2, 0.25) is 10.9 Å². The lowest BCUT2D eigenvalue weighted by molar-refractivity contribution is -0.123. The maximum atomic E-state index is 13.6. The summed E-state index contributed by atoms with van der Waals surface area (Å²) in [6, 6.07) is 1.55. The fourth-order valence-electron chi connectivity index (χ4n) is 2.13. The van der Waals surface area contributed by atoms with Crippen LogP contribution in [0.5, 0.6) is 0 Å². The first-order valence-corrected chi connectivity index (χ1v) is 7.26. The minimum absolute atomic E-state index is 0.191. The van der Waals surface area contributed by atoms with Crippen molar-refractivity contribution < 1.29 is 17.6 Å². The van der Waals surface area contributed by atoms with Gasteiger partial charge in [-0.2, -0.15) is 4.31 Å². The summed E-state index contributed by atoms with van der Waals surface area (Å²) in [7, 11) is -2.65. The summed E-state index contributed by atoms with van der Waals surface area (Å²) >= 11 is 0. The van der Waals surface area contributed by atoms with Crippen molar-refractivity contribution in [3.05, 3.63) is 24.1 Å². The van der Waals surface area contributed by atoms with Crippen LogP contribution in [0.25, 0.3) is 0 Å². The number of carbonyl (C=O) groups is 1. The smallest absolute Gasteiger partial charge is 0.264 e. The molecule has 1 fully saturated rings. The van der Waals surface area contributed by atoms with E-state index in [1.54, 1.807) is 0 Å². The summed E-state index contributed by atoms with van der Waals surface area (Å²) in [5.41, 5.74) is 0. The van der Waals surface area contributed by atoms with Gasteiger partial charge in [0.05, 0.1) is 0 Å². The molecule has 2 heterocycles. The van der Waals surface area contributed by atoms with Crippen molar-refractivity contribution in [3.63, 3.8) is 0 Å². The number of carbonyl (C=O) groups excluding carboxylic acids is 1. The molecule has 1 aromatic heterocycles. The van der Waals surface area contributed by atoms with Gasteiger partial charge in [-0.15, -0.1) is 0 Å². The number of hydrogen-bond donors (Lipinski definition) is 1. The van der Waals surface area contributed by atoms with Crippen LogP contribution in [0.3, 0.4) is 0 Å². The molecule has 1 aromatic rings. The van der Waals surface area contributed by atoms with Crippen molar-refractivity contribution in [3.8, 4) is 0 Å². The molecule has 1 aliphatic rings. The maximum absolute atomic E-state index is 13.6. The monoisotopic (exact) mass is 287 g/mol. The second-order valence-electron chi connectivity index (χ2n) is 4.18. The maximum Gasteiger partial charge on any atom is 0.264 e. The highest BCUT2D eigenvalue weighted by Gasteiger charge is 2.40. The Kier molecular flexibility index (Phi) is 3.81. The number of rotatable bonds is 3. The third kappa shape index (κ3) is 2.45. The van der Waals surface area contributed by atoms with E-state index < -0.39 is 32.8 Å². The summed E-state index contributed by atoms with van der Waals surface area (Å²) < 4.78 is 39.2. The molecule has 1 amide bonds. The number of pyridine rings is 1. The number of nitrogens with one attached hydrogen (secondary N) is 1. The molecule has 104 valence electrons. The van der Waals surface area contributed by atoms with E-state index in [2.05, 4.69) is 10.3 Å². The van der Waals surface area contributed by atoms with Gasteiger partial charge in [0.1, 0.15) is 6.04 Å². The van der Waals surface area contributed by atoms with Crippen LogP contribution in [-0.4, -0.2) is 43.2 Å². The minimum atomic E-state index is -4.09. The van der Waals surface area contributed by atoms with Crippen molar-refractivity contribution in [2.75, 3.05) is 13.6 Å². The Balaban J connectivity index is 2.40.